The first-order valence-corrected chi connectivity index (χ1v) is 5.12. The summed E-state index contributed by atoms with van der Waals surface area (Å²) in [5.74, 6) is -0.0186. The molecule has 1 saturated carbocycles. The van der Waals surface area contributed by atoms with Crippen LogP contribution in [0.1, 0.15) is 26.7 Å². The molecule has 0 spiro atoms. The van der Waals surface area contributed by atoms with Gasteiger partial charge in [-0.25, -0.2) is 0 Å². The van der Waals surface area contributed by atoms with Gasteiger partial charge in [0.2, 0.25) is 5.91 Å². The van der Waals surface area contributed by atoms with Crippen LogP contribution >= 0.6 is 0 Å². The molecule has 1 aliphatic carbocycles. The molecule has 1 fully saturated rings. The number of nitrogens with two attached hydrogens (primary N) is 1. The van der Waals surface area contributed by atoms with E-state index < -0.39 is 0 Å². The number of methoxy groups -OCH3 is 1. The van der Waals surface area contributed by atoms with Crippen LogP contribution in [0.3, 0.4) is 0 Å². The molecule has 1 aliphatic rings. The van der Waals surface area contributed by atoms with Crippen molar-refractivity contribution in [1.82, 2.24) is 5.32 Å². The minimum atomic E-state index is -0.263. The second-order valence-corrected chi connectivity index (χ2v) is 4.32. The van der Waals surface area contributed by atoms with E-state index in [1.165, 1.54) is 0 Å². The summed E-state index contributed by atoms with van der Waals surface area (Å²) in [6, 6.07) is 0.178. The summed E-state index contributed by atoms with van der Waals surface area (Å²) in [6.45, 7) is 3.99. The average Bonchev–Trinajstić information content (AvgIpc) is 2.00. The molecule has 4 nitrogen and oxygen atoms in total. The second-order valence-electron chi connectivity index (χ2n) is 4.32. The van der Waals surface area contributed by atoms with Crippen molar-refractivity contribution in [1.29, 1.82) is 0 Å². The smallest absolute Gasteiger partial charge is 0.234 e. The highest BCUT2D eigenvalue weighted by atomic mass is 16.5. The molecule has 0 bridgehead atoms. The van der Waals surface area contributed by atoms with Gasteiger partial charge in [-0.15, -0.1) is 0 Å². The van der Waals surface area contributed by atoms with Crippen molar-refractivity contribution in [3.8, 4) is 0 Å². The van der Waals surface area contributed by atoms with Crippen LogP contribution < -0.4 is 11.1 Å². The summed E-state index contributed by atoms with van der Waals surface area (Å²) in [7, 11) is 1.72. The topological polar surface area (TPSA) is 64.3 Å². The zero-order valence-electron chi connectivity index (χ0n) is 9.12. The highest BCUT2D eigenvalue weighted by Crippen LogP contribution is 2.23. The van der Waals surface area contributed by atoms with Crippen LogP contribution in [0.5, 0.6) is 0 Å². The summed E-state index contributed by atoms with van der Waals surface area (Å²) in [5.41, 5.74) is 5.30. The molecule has 0 radical (unpaired) electrons. The third-order valence-corrected chi connectivity index (χ3v) is 2.82. The average molecular weight is 200 g/mol. The van der Waals surface area contributed by atoms with Crippen LogP contribution in [0.2, 0.25) is 0 Å². The van der Waals surface area contributed by atoms with E-state index in [1.54, 1.807) is 7.11 Å². The van der Waals surface area contributed by atoms with E-state index in [-0.39, 0.29) is 17.9 Å². The van der Waals surface area contributed by atoms with Crippen molar-refractivity contribution >= 4 is 5.91 Å². The number of carbonyl (C=O) groups excluding carboxylic acids is 1. The molecule has 0 aromatic carbocycles. The Hall–Kier alpha value is -0.610. The van der Waals surface area contributed by atoms with E-state index in [1.807, 2.05) is 13.8 Å². The van der Waals surface area contributed by atoms with Crippen molar-refractivity contribution in [2.45, 2.75) is 44.9 Å². The number of rotatable bonds is 5. The normalized spacial score (nSPS) is 28.6. The Morgan fingerprint density at radius 3 is 2.43 bits per heavy atom. The zero-order chi connectivity index (χ0) is 10.7. The Labute approximate surface area is 85.2 Å². The molecular weight excluding hydrogens is 180 g/mol. The fourth-order valence-corrected chi connectivity index (χ4v) is 1.75. The lowest BCUT2D eigenvalue weighted by Crippen LogP contribution is -2.55. The Bertz CT molecular complexity index is 200. The fourth-order valence-electron chi connectivity index (χ4n) is 1.75. The minimum Gasteiger partial charge on any atom is -0.381 e. The Morgan fingerprint density at radius 2 is 2.07 bits per heavy atom. The quantitative estimate of drug-likeness (QED) is 0.669. The summed E-state index contributed by atoms with van der Waals surface area (Å²) in [6.07, 6.45) is 2.31. The maximum absolute atomic E-state index is 11.1. The standard InChI is InChI=1S/C10H20N2O2/c1-6(2)9(10(11)13)12-7-4-8(5-7)14-3/h6-9,12H,4-5H2,1-3H3,(H2,11,13). The third-order valence-electron chi connectivity index (χ3n) is 2.82. The van der Waals surface area contributed by atoms with Crippen LogP contribution in [0.25, 0.3) is 0 Å². The van der Waals surface area contributed by atoms with E-state index in [9.17, 15) is 4.79 Å². The van der Waals surface area contributed by atoms with Gasteiger partial charge in [0.05, 0.1) is 12.1 Å². The number of carbonyl (C=O) groups is 1. The number of hydrogen-bond acceptors (Lipinski definition) is 3. The molecule has 3 N–H and O–H groups in total. The lowest BCUT2D eigenvalue weighted by atomic mass is 9.87. The van der Waals surface area contributed by atoms with Gasteiger partial charge in [0.25, 0.3) is 0 Å². The van der Waals surface area contributed by atoms with Crippen molar-refractivity contribution in [2.24, 2.45) is 11.7 Å². The van der Waals surface area contributed by atoms with Crippen molar-refractivity contribution in [3.63, 3.8) is 0 Å². The molecule has 0 aliphatic heterocycles. The first-order chi connectivity index (χ1) is 6.54. The number of ether oxygens (including phenoxy) is 1. The molecule has 1 rings (SSSR count). The van der Waals surface area contributed by atoms with Crippen molar-refractivity contribution in [3.05, 3.63) is 0 Å². The van der Waals surface area contributed by atoms with Gasteiger partial charge in [-0.05, 0) is 18.8 Å². The molecule has 0 aromatic heterocycles. The summed E-state index contributed by atoms with van der Waals surface area (Å²) in [5, 5.41) is 3.26. The molecule has 14 heavy (non-hydrogen) atoms. The third kappa shape index (κ3) is 2.69. The number of hydrogen-bond donors (Lipinski definition) is 2. The van der Waals surface area contributed by atoms with Gasteiger partial charge in [0.15, 0.2) is 0 Å². The van der Waals surface area contributed by atoms with Crippen LogP contribution in [0, 0.1) is 5.92 Å². The molecule has 0 saturated heterocycles. The van der Waals surface area contributed by atoms with Gasteiger partial charge in [-0.3, -0.25) is 4.79 Å². The Balaban J connectivity index is 2.32. The predicted octanol–water partition coefficient (Wildman–Crippen LogP) is 0.263. The SMILES string of the molecule is COC1CC(NC(C(N)=O)C(C)C)C1. The van der Waals surface area contributed by atoms with Gasteiger partial charge in [-0.1, -0.05) is 13.8 Å². The monoisotopic (exact) mass is 200 g/mol. The predicted molar refractivity (Wildman–Crippen MR) is 54.8 cm³/mol. The van der Waals surface area contributed by atoms with Gasteiger partial charge >= 0.3 is 0 Å². The molecule has 0 aromatic rings. The van der Waals surface area contributed by atoms with Crippen LogP contribution in [-0.4, -0.2) is 31.2 Å². The number of amides is 1. The van der Waals surface area contributed by atoms with E-state index in [0.29, 0.717) is 12.1 Å². The lowest BCUT2D eigenvalue weighted by molar-refractivity contribution is -0.121. The highest BCUT2D eigenvalue weighted by Gasteiger charge is 2.32. The van der Waals surface area contributed by atoms with E-state index in [4.69, 9.17) is 10.5 Å². The number of nitrogens with one attached hydrogen (secondary N) is 1. The molecule has 1 unspecified atom stereocenters. The van der Waals surface area contributed by atoms with Crippen LogP contribution in [0.4, 0.5) is 0 Å². The van der Waals surface area contributed by atoms with Gasteiger partial charge in [0, 0.05) is 13.2 Å². The lowest BCUT2D eigenvalue weighted by Gasteiger charge is -2.37. The zero-order valence-corrected chi connectivity index (χ0v) is 9.12. The van der Waals surface area contributed by atoms with Gasteiger partial charge < -0.3 is 15.8 Å². The summed E-state index contributed by atoms with van der Waals surface area (Å²) >= 11 is 0. The highest BCUT2D eigenvalue weighted by molar-refractivity contribution is 5.80. The molecule has 82 valence electrons. The summed E-state index contributed by atoms with van der Waals surface area (Å²) in [4.78, 5) is 11.1. The van der Waals surface area contributed by atoms with Crippen LogP contribution in [-0.2, 0) is 9.53 Å². The Morgan fingerprint density at radius 1 is 1.50 bits per heavy atom. The van der Waals surface area contributed by atoms with E-state index in [2.05, 4.69) is 5.32 Å². The largest absolute Gasteiger partial charge is 0.381 e. The first kappa shape index (κ1) is 11.5. The molecule has 0 heterocycles. The summed E-state index contributed by atoms with van der Waals surface area (Å²) < 4.78 is 5.16. The van der Waals surface area contributed by atoms with Gasteiger partial charge in [0.1, 0.15) is 0 Å². The fraction of sp³-hybridized carbons (Fsp3) is 0.900. The molecule has 1 amide bonds. The van der Waals surface area contributed by atoms with E-state index in [0.717, 1.165) is 12.8 Å². The minimum absolute atomic E-state index is 0.210. The molecule has 4 heteroatoms. The molecular formula is C10H20N2O2. The van der Waals surface area contributed by atoms with Gasteiger partial charge in [-0.2, -0.15) is 0 Å². The van der Waals surface area contributed by atoms with Crippen LogP contribution in [0.15, 0.2) is 0 Å². The second kappa shape index (κ2) is 4.75. The molecule has 1 atom stereocenters. The maximum Gasteiger partial charge on any atom is 0.234 e. The Kier molecular flexibility index (Phi) is 3.89. The maximum atomic E-state index is 11.1. The van der Waals surface area contributed by atoms with Crippen molar-refractivity contribution in [2.75, 3.05) is 7.11 Å². The number of primary amides is 1. The van der Waals surface area contributed by atoms with E-state index >= 15 is 0 Å². The first-order valence-electron chi connectivity index (χ1n) is 5.12. The van der Waals surface area contributed by atoms with Crippen molar-refractivity contribution < 1.29 is 9.53 Å².